The molecule has 1 aromatic carbocycles. The van der Waals surface area contributed by atoms with Gasteiger partial charge in [0.2, 0.25) is 0 Å². The number of hydrogen-bond donors (Lipinski definition) is 2. The number of aromatic hydroxyl groups is 1. The van der Waals surface area contributed by atoms with Crippen molar-refractivity contribution in [2.24, 2.45) is 5.41 Å². The van der Waals surface area contributed by atoms with Gasteiger partial charge in [-0.05, 0) is 41.4 Å². The van der Waals surface area contributed by atoms with Crippen molar-refractivity contribution in [3.05, 3.63) is 28.8 Å². The van der Waals surface area contributed by atoms with E-state index in [0.29, 0.717) is 5.56 Å². The second-order valence-corrected chi connectivity index (χ2v) is 7.08. The first kappa shape index (κ1) is 15.0. The SMILES string of the molecule is Cc1cc(C(C)(C)CC(C)(C)C)cc(CO)c1O. The van der Waals surface area contributed by atoms with Gasteiger partial charge in [-0.3, -0.25) is 0 Å². The van der Waals surface area contributed by atoms with Crippen LogP contribution in [0.2, 0.25) is 0 Å². The van der Waals surface area contributed by atoms with Crippen LogP contribution < -0.4 is 0 Å². The minimum atomic E-state index is -0.119. The van der Waals surface area contributed by atoms with Gasteiger partial charge in [0.25, 0.3) is 0 Å². The summed E-state index contributed by atoms with van der Waals surface area (Å²) in [5, 5.41) is 19.2. The number of aliphatic hydroxyl groups excluding tert-OH is 1. The Kier molecular flexibility index (Phi) is 4.12. The van der Waals surface area contributed by atoms with E-state index in [4.69, 9.17) is 0 Å². The fourth-order valence-corrected chi connectivity index (χ4v) is 2.79. The quantitative estimate of drug-likeness (QED) is 0.854. The van der Waals surface area contributed by atoms with E-state index < -0.39 is 0 Å². The second-order valence-electron chi connectivity index (χ2n) is 7.08. The van der Waals surface area contributed by atoms with E-state index in [-0.39, 0.29) is 23.2 Å². The minimum Gasteiger partial charge on any atom is -0.507 e. The summed E-state index contributed by atoms with van der Waals surface area (Å²) in [5.74, 6) is 0.216. The molecule has 1 rings (SSSR count). The Bertz CT molecular complexity index is 425. The zero-order valence-corrected chi connectivity index (χ0v) is 12.5. The van der Waals surface area contributed by atoms with Crippen LogP contribution in [0.1, 0.15) is 57.7 Å². The Hall–Kier alpha value is -1.02. The summed E-state index contributed by atoms with van der Waals surface area (Å²) in [6.45, 7) is 12.9. The van der Waals surface area contributed by atoms with Gasteiger partial charge < -0.3 is 10.2 Å². The molecule has 0 aliphatic rings. The number of benzene rings is 1. The Labute approximate surface area is 111 Å². The molecule has 0 aliphatic heterocycles. The molecule has 0 heterocycles. The maximum absolute atomic E-state index is 9.86. The van der Waals surface area contributed by atoms with E-state index >= 15 is 0 Å². The van der Waals surface area contributed by atoms with Gasteiger partial charge in [0.05, 0.1) is 6.61 Å². The van der Waals surface area contributed by atoms with Gasteiger partial charge in [-0.1, -0.05) is 40.7 Å². The van der Waals surface area contributed by atoms with Crippen molar-refractivity contribution in [1.82, 2.24) is 0 Å². The molecule has 0 saturated heterocycles. The molecule has 0 unspecified atom stereocenters. The van der Waals surface area contributed by atoms with E-state index in [2.05, 4.69) is 34.6 Å². The van der Waals surface area contributed by atoms with E-state index in [1.54, 1.807) is 0 Å². The van der Waals surface area contributed by atoms with E-state index in [0.717, 1.165) is 12.0 Å². The number of rotatable bonds is 3. The molecule has 18 heavy (non-hydrogen) atoms. The van der Waals surface area contributed by atoms with Crippen LogP contribution in [0.15, 0.2) is 12.1 Å². The first-order valence-corrected chi connectivity index (χ1v) is 6.51. The number of hydrogen-bond acceptors (Lipinski definition) is 2. The molecule has 0 spiro atoms. The summed E-state index contributed by atoms with van der Waals surface area (Å²) in [6.07, 6.45) is 1.05. The van der Waals surface area contributed by atoms with Crippen LogP contribution in [-0.2, 0) is 12.0 Å². The van der Waals surface area contributed by atoms with E-state index in [9.17, 15) is 10.2 Å². The highest BCUT2D eigenvalue weighted by Crippen LogP contribution is 2.38. The van der Waals surface area contributed by atoms with Crippen molar-refractivity contribution in [3.8, 4) is 5.75 Å². The minimum absolute atomic E-state index is 0.0284. The lowest BCUT2D eigenvalue weighted by Crippen LogP contribution is -2.25. The lowest BCUT2D eigenvalue weighted by molar-refractivity contribution is 0.271. The molecule has 2 nitrogen and oxygen atoms in total. The molecule has 1 aromatic rings. The molecular weight excluding hydrogens is 224 g/mol. The van der Waals surface area contributed by atoms with Crippen LogP contribution in [0, 0.1) is 12.3 Å². The molecule has 0 atom stereocenters. The monoisotopic (exact) mass is 250 g/mol. The van der Waals surface area contributed by atoms with Gasteiger partial charge in [0.1, 0.15) is 5.75 Å². The van der Waals surface area contributed by atoms with Gasteiger partial charge >= 0.3 is 0 Å². The Morgan fingerprint density at radius 2 is 1.61 bits per heavy atom. The summed E-state index contributed by atoms with van der Waals surface area (Å²) in [7, 11) is 0. The summed E-state index contributed by atoms with van der Waals surface area (Å²) < 4.78 is 0. The second kappa shape index (κ2) is 4.93. The molecule has 0 saturated carbocycles. The lowest BCUT2D eigenvalue weighted by atomic mass is 9.72. The summed E-state index contributed by atoms with van der Waals surface area (Å²) in [6, 6.07) is 3.95. The molecule has 0 bridgehead atoms. The third kappa shape index (κ3) is 3.49. The Morgan fingerprint density at radius 1 is 1.06 bits per heavy atom. The highest BCUT2D eigenvalue weighted by molar-refractivity contribution is 5.44. The third-order valence-corrected chi connectivity index (χ3v) is 3.30. The van der Waals surface area contributed by atoms with Crippen LogP contribution in [0.25, 0.3) is 0 Å². The zero-order valence-electron chi connectivity index (χ0n) is 12.5. The number of aliphatic hydroxyl groups is 1. The number of aryl methyl sites for hydroxylation is 1. The highest BCUT2D eigenvalue weighted by atomic mass is 16.3. The van der Waals surface area contributed by atoms with E-state index in [1.165, 1.54) is 5.56 Å². The maximum atomic E-state index is 9.86. The largest absolute Gasteiger partial charge is 0.507 e. The molecule has 0 aromatic heterocycles. The normalized spacial score (nSPS) is 12.8. The molecule has 0 aliphatic carbocycles. The maximum Gasteiger partial charge on any atom is 0.124 e. The first-order valence-electron chi connectivity index (χ1n) is 6.51. The van der Waals surface area contributed by atoms with Crippen molar-refractivity contribution in [1.29, 1.82) is 0 Å². The molecule has 2 heteroatoms. The van der Waals surface area contributed by atoms with Crippen LogP contribution in [-0.4, -0.2) is 10.2 Å². The Morgan fingerprint density at radius 3 is 2.06 bits per heavy atom. The van der Waals surface area contributed by atoms with Crippen molar-refractivity contribution in [2.45, 2.75) is 60.0 Å². The van der Waals surface area contributed by atoms with E-state index in [1.807, 2.05) is 19.1 Å². The summed E-state index contributed by atoms with van der Waals surface area (Å²) in [4.78, 5) is 0. The molecule has 102 valence electrons. The van der Waals surface area contributed by atoms with Crippen LogP contribution in [0.4, 0.5) is 0 Å². The topological polar surface area (TPSA) is 40.5 Å². The fraction of sp³-hybridized carbons (Fsp3) is 0.625. The van der Waals surface area contributed by atoms with Gasteiger partial charge in [-0.25, -0.2) is 0 Å². The molecule has 0 radical (unpaired) electrons. The summed E-state index contributed by atoms with van der Waals surface area (Å²) in [5.41, 5.74) is 2.90. The zero-order chi connectivity index (χ0) is 14.1. The molecule has 0 amide bonds. The van der Waals surface area contributed by atoms with Crippen molar-refractivity contribution in [2.75, 3.05) is 0 Å². The van der Waals surface area contributed by atoms with Gasteiger partial charge in [0.15, 0.2) is 0 Å². The molecular formula is C16H26O2. The predicted molar refractivity (Wildman–Crippen MR) is 75.9 cm³/mol. The van der Waals surface area contributed by atoms with Gasteiger partial charge in [0, 0.05) is 5.56 Å². The van der Waals surface area contributed by atoms with Gasteiger partial charge in [-0.2, -0.15) is 0 Å². The summed E-state index contributed by atoms with van der Waals surface area (Å²) >= 11 is 0. The van der Waals surface area contributed by atoms with Crippen LogP contribution >= 0.6 is 0 Å². The Balaban J connectivity index is 3.20. The predicted octanol–water partition coefficient (Wildman–Crippen LogP) is 3.91. The molecule has 2 N–H and O–H groups in total. The highest BCUT2D eigenvalue weighted by Gasteiger charge is 2.28. The third-order valence-electron chi connectivity index (χ3n) is 3.30. The smallest absolute Gasteiger partial charge is 0.124 e. The van der Waals surface area contributed by atoms with Crippen LogP contribution in [0.3, 0.4) is 0 Å². The molecule has 0 fully saturated rings. The average molecular weight is 250 g/mol. The number of phenols is 1. The lowest BCUT2D eigenvalue weighted by Gasteiger charge is -2.33. The first-order chi connectivity index (χ1) is 8.07. The van der Waals surface area contributed by atoms with Crippen molar-refractivity contribution >= 4 is 0 Å². The van der Waals surface area contributed by atoms with Crippen LogP contribution in [0.5, 0.6) is 5.75 Å². The van der Waals surface area contributed by atoms with Crippen molar-refractivity contribution < 1.29 is 10.2 Å². The van der Waals surface area contributed by atoms with Gasteiger partial charge in [-0.15, -0.1) is 0 Å². The standard InChI is InChI=1S/C16H26O2/c1-11-7-13(8-12(9-17)14(11)18)16(5,6)10-15(2,3)4/h7-8,17-18H,9-10H2,1-6H3. The average Bonchev–Trinajstić information content (AvgIpc) is 2.18. The fourth-order valence-electron chi connectivity index (χ4n) is 2.79. The van der Waals surface area contributed by atoms with Crippen molar-refractivity contribution in [3.63, 3.8) is 0 Å².